The zero-order valence-corrected chi connectivity index (χ0v) is 11.4. The SMILES string of the molecule is ClCC1CCCN(CC2COc3ccccc32)C1. The second-order valence-corrected chi connectivity index (χ2v) is 5.78. The summed E-state index contributed by atoms with van der Waals surface area (Å²) in [4.78, 5) is 2.56. The van der Waals surface area contributed by atoms with Gasteiger partial charge in [-0.25, -0.2) is 0 Å². The van der Waals surface area contributed by atoms with Crippen LogP contribution in [0.1, 0.15) is 24.3 Å². The molecular formula is C15H20ClNO. The number of piperidine rings is 1. The summed E-state index contributed by atoms with van der Waals surface area (Å²) in [6.45, 7) is 4.32. The van der Waals surface area contributed by atoms with Gasteiger partial charge in [0.05, 0.1) is 6.61 Å². The molecule has 2 aliphatic heterocycles. The first-order valence-corrected chi connectivity index (χ1v) is 7.40. The van der Waals surface area contributed by atoms with Crippen LogP contribution in [0.3, 0.4) is 0 Å². The van der Waals surface area contributed by atoms with Gasteiger partial charge >= 0.3 is 0 Å². The number of para-hydroxylation sites is 1. The van der Waals surface area contributed by atoms with Gasteiger partial charge in [-0.1, -0.05) is 18.2 Å². The second kappa shape index (κ2) is 5.50. The molecule has 2 aliphatic rings. The molecule has 18 heavy (non-hydrogen) atoms. The van der Waals surface area contributed by atoms with Crippen LogP contribution in [-0.4, -0.2) is 37.0 Å². The van der Waals surface area contributed by atoms with Gasteiger partial charge < -0.3 is 9.64 Å². The maximum atomic E-state index is 5.99. The highest BCUT2D eigenvalue weighted by Crippen LogP contribution is 2.34. The van der Waals surface area contributed by atoms with E-state index in [9.17, 15) is 0 Å². The van der Waals surface area contributed by atoms with Crippen molar-refractivity contribution in [2.45, 2.75) is 18.8 Å². The van der Waals surface area contributed by atoms with E-state index in [1.165, 1.54) is 24.9 Å². The van der Waals surface area contributed by atoms with Crippen molar-refractivity contribution in [3.05, 3.63) is 29.8 Å². The summed E-state index contributed by atoms with van der Waals surface area (Å²) in [6, 6.07) is 8.44. The van der Waals surface area contributed by atoms with E-state index in [0.29, 0.717) is 11.8 Å². The molecule has 2 nitrogen and oxygen atoms in total. The summed E-state index contributed by atoms with van der Waals surface area (Å²) >= 11 is 5.99. The van der Waals surface area contributed by atoms with Gasteiger partial charge in [0.2, 0.25) is 0 Å². The molecule has 0 bridgehead atoms. The average Bonchev–Trinajstić information content (AvgIpc) is 2.83. The van der Waals surface area contributed by atoms with E-state index in [4.69, 9.17) is 16.3 Å². The Bertz CT molecular complexity index is 409. The molecule has 1 aromatic carbocycles. The minimum Gasteiger partial charge on any atom is -0.493 e. The van der Waals surface area contributed by atoms with Gasteiger partial charge in [-0.3, -0.25) is 0 Å². The average molecular weight is 266 g/mol. The zero-order valence-electron chi connectivity index (χ0n) is 10.6. The van der Waals surface area contributed by atoms with E-state index in [-0.39, 0.29) is 0 Å². The lowest BCUT2D eigenvalue weighted by Gasteiger charge is -2.33. The molecule has 2 unspecified atom stereocenters. The summed E-state index contributed by atoms with van der Waals surface area (Å²) in [5.74, 6) is 3.09. The topological polar surface area (TPSA) is 12.5 Å². The van der Waals surface area contributed by atoms with Crippen molar-refractivity contribution in [3.63, 3.8) is 0 Å². The Labute approximate surface area is 114 Å². The molecule has 0 N–H and O–H groups in total. The largest absolute Gasteiger partial charge is 0.493 e. The number of nitrogens with zero attached hydrogens (tertiary/aromatic N) is 1. The van der Waals surface area contributed by atoms with Crippen LogP contribution < -0.4 is 4.74 Å². The number of fused-ring (bicyclic) bond motifs is 1. The minimum absolute atomic E-state index is 0.537. The first kappa shape index (κ1) is 12.3. The van der Waals surface area contributed by atoms with E-state index in [1.54, 1.807) is 0 Å². The number of alkyl halides is 1. The van der Waals surface area contributed by atoms with Gasteiger partial charge in [0.1, 0.15) is 5.75 Å². The fourth-order valence-corrected chi connectivity index (χ4v) is 3.39. The standard InChI is InChI=1S/C15H20ClNO/c16-8-12-4-3-7-17(9-12)10-13-11-18-15-6-2-1-5-14(13)15/h1-2,5-6,12-13H,3-4,7-11H2. The molecule has 3 heteroatoms. The summed E-state index contributed by atoms with van der Waals surface area (Å²) < 4.78 is 5.75. The molecule has 1 aromatic rings. The van der Waals surface area contributed by atoms with Crippen molar-refractivity contribution in [2.75, 3.05) is 32.1 Å². The third-order valence-electron chi connectivity index (χ3n) is 4.10. The van der Waals surface area contributed by atoms with Crippen molar-refractivity contribution in [1.82, 2.24) is 4.90 Å². The van der Waals surface area contributed by atoms with Crippen LogP contribution in [0.4, 0.5) is 0 Å². The van der Waals surface area contributed by atoms with Gasteiger partial charge in [0, 0.05) is 30.5 Å². The van der Waals surface area contributed by atoms with Crippen LogP contribution in [0.5, 0.6) is 5.75 Å². The van der Waals surface area contributed by atoms with Crippen molar-refractivity contribution >= 4 is 11.6 Å². The normalized spacial score (nSPS) is 27.8. The monoisotopic (exact) mass is 265 g/mol. The Morgan fingerprint density at radius 2 is 2.22 bits per heavy atom. The van der Waals surface area contributed by atoms with Crippen LogP contribution in [0, 0.1) is 5.92 Å². The second-order valence-electron chi connectivity index (χ2n) is 5.47. The van der Waals surface area contributed by atoms with Gasteiger partial charge in [0.15, 0.2) is 0 Å². The summed E-state index contributed by atoms with van der Waals surface area (Å²) in [5, 5.41) is 0. The molecule has 0 spiro atoms. The number of ether oxygens (including phenoxy) is 1. The van der Waals surface area contributed by atoms with Crippen LogP contribution in [0.2, 0.25) is 0 Å². The van der Waals surface area contributed by atoms with Crippen LogP contribution in [0.25, 0.3) is 0 Å². The third-order valence-corrected chi connectivity index (χ3v) is 4.54. The number of benzene rings is 1. The summed E-state index contributed by atoms with van der Waals surface area (Å²) in [6.07, 6.45) is 2.57. The Hall–Kier alpha value is -0.730. The first-order valence-electron chi connectivity index (χ1n) is 6.87. The van der Waals surface area contributed by atoms with Crippen molar-refractivity contribution < 1.29 is 4.74 Å². The highest BCUT2D eigenvalue weighted by molar-refractivity contribution is 6.18. The van der Waals surface area contributed by atoms with Crippen LogP contribution in [0.15, 0.2) is 24.3 Å². The predicted molar refractivity (Wildman–Crippen MR) is 74.6 cm³/mol. The van der Waals surface area contributed by atoms with Gasteiger partial charge in [-0.15, -0.1) is 11.6 Å². The summed E-state index contributed by atoms with van der Waals surface area (Å²) in [5.41, 5.74) is 1.38. The van der Waals surface area contributed by atoms with Crippen molar-refractivity contribution in [1.29, 1.82) is 0 Å². The zero-order chi connectivity index (χ0) is 12.4. The van der Waals surface area contributed by atoms with Crippen LogP contribution in [-0.2, 0) is 0 Å². The number of rotatable bonds is 3. The molecule has 0 aromatic heterocycles. The van der Waals surface area contributed by atoms with E-state index in [1.807, 2.05) is 6.07 Å². The van der Waals surface area contributed by atoms with E-state index in [0.717, 1.165) is 31.3 Å². The molecular weight excluding hydrogens is 246 g/mol. The molecule has 0 aliphatic carbocycles. The number of halogens is 1. The smallest absolute Gasteiger partial charge is 0.122 e. The fourth-order valence-electron chi connectivity index (χ4n) is 3.14. The maximum Gasteiger partial charge on any atom is 0.122 e. The third kappa shape index (κ3) is 2.50. The predicted octanol–water partition coefficient (Wildman–Crippen LogP) is 3.11. The van der Waals surface area contributed by atoms with Crippen molar-refractivity contribution in [3.8, 4) is 5.75 Å². The Balaban J connectivity index is 1.64. The Kier molecular flexibility index (Phi) is 3.76. The van der Waals surface area contributed by atoms with E-state index < -0.39 is 0 Å². The van der Waals surface area contributed by atoms with Crippen molar-refractivity contribution in [2.24, 2.45) is 5.92 Å². The lowest BCUT2D eigenvalue weighted by Crippen LogP contribution is -2.38. The highest BCUT2D eigenvalue weighted by Gasteiger charge is 2.27. The maximum absolute atomic E-state index is 5.99. The lowest BCUT2D eigenvalue weighted by atomic mass is 9.96. The summed E-state index contributed by atoms with van der Waals surface area (Å²) in [7, 11) is 0. The van der Waals surface area contributed by atoms with Gasteiger partial charge in [-0.05, 0) is 31.4 Å². The van der Waals surface area contributed by atoms with Gasteiger partial charge in [0.25, 0.3) is 0 Å². The number of hydrogen-bond donors (Lipinski definition) is 0. The van der Waals surface area contributed by atoms with Crippen LogP contribution >= 0.6 is 11.6 Å². The minimum atomic E-state index is 0.537. The highest BCUT2D eigenvalue weighted by atomic mass is 35.5. The molecule has 1 fully saturated rings. The number of hydrogen-bond acceptors (Lipinski definition) is 2. The van der Waals surface area contributed by atoms with Gasteiger partial charge in [-0.2, -0.15) is 0 Å². The van der Waals surface area contributed by atoms with E-state index in [2.05, 4.69) is 23.1 Å². The molecule has 2 heterocycles. The fraction of sp³-hybridized carbons (Fsp3) is 0.600. The molecule has 98 valence electrons. The molecule has 2 atom stereocenters. The molecule has 0 radical (unpaired) electrons. The Morgan fingerprint density at radius 3 is 3.11 bits per heavy atom. The molecule has 0 saturated carbocycles. The molecule has 1 saturated heterocycles. The van der Waals surface area contributed by atoms with E-state index >= 15 is 0 Å². The first-order chi connectivity index (χ1) is 8.86. The lowest BCUT2D eigenvalue weighted by molar-refractivity contribution is 0.167. The molecule has 0 amide bonds. The number of likely N-dealkylation sites (tertiary alicyclic amines) is 1. The quantitative estimate of drug-likeness (QED) is 0.779. The molecule has 3 rings (SSSR count). The Morgan fingerprint density at radius 1 is 1.33 bits per heavy atom.